The third kappa shape index (κ3) is 3.50. The van der Waals surface area contributed by atoms with Crippen LogP contribution in [0, 0.1) is 0 Å². The summed E-state index contributed by atoms with van der Waals surface area (Å²) >= 11 is 0. The number of hydrogen-bond acceptors (Lipinski definition) is 6. The largest absolute Gasteiger partial charge is 0.451 e. The highest BCUT2D eigenvalue weighted by Gasteiger charge is 2.34. The molecule has 0 radical (unpaired) electrons. The maximum Gasteiger partial charge on any atom is 0.201 e. The van der Waals surface area contributed by atoms with Crippen LogP contribution < -0.4 is 11.2 Å². The molecule has 8 heteroatoms. The van der Waals surface area contributed by atoms with Crippen LogP contribution in [0.1, 0.15) is 24.8 Å². The van der Waals surface area contributed by atoms with Gasteiger partial charge in [-0.15, -0.1) is 22.6 Å². The molecule has 0 unspecified atom stereocenters. The van der Waals surface area contributed by atoms with Crippen LogP contribution in [0.2, 0.25) is 0 Å². The maximum absolute atomic E-state index is 13.8. The van der Waals surface area contributed by atoms with Gasteiger partial charge in [-0.05, 0) is 36.5 Å². The molecular weight excluding hydrogens is 450 g/mol. The molecule has 0 bridgehead atoms. The lowest BCUT2D eigenvalue weighted by molar-refractivity contribution is 0.253. The van der Waals surface area contributed by atoms with Gasteiger partial charge in [0.25, 0.3) is 0 Å². The quantitative estimate of drug-likeness (QED) is 0.401. The fourth-order valence-electron chi connectivity index (χ4n) is 4.47. The van der Waals surface area contributed by atoms with Crippen LogP contribution in [0.25, 0.3) is 39.2 Å². The first kappa shape index (κ1) is 22.0. The standard InChI is InChI=1S/C26H21N5O2.ClH/c27-26(12-4-13-26)19-9-7-17(8-10-19)21-22(32)20-11-14-28-25(31-15-29-30-16-31)24(20)33-23(21)18-5-2-1-3-6-18;/h1-3,5-11,14-16H,4,12-13,27H2;1H. The van der Waals surface area contributed by atoms with E-state index in [2.05, 4.69) is 15.2 Å². The predicted molar refractivity (Wildman–Crippen MR) is 133 cm³/mol. The number of nitrogens with zero attached hydrogens (tertiary/aromatic N) is 4. The number of aromatic nitrogens is 4. The summed E-state index contributed by atoms with van der Waals surface area (Å²) in [6.45, 7) is 0. The molecule has 2 N–H and O–H groups in total. The Morgan fingerprint density at radius 3 is 2.26 bits per heavy atom. The molecule has 34 heavy (non-hydrogen) atoms. The summed E-state index contributed by atoms with van der Waals surface area (Å²) in [7, 11) is 0. The normalized spacial score (nSPS) is 14.4. The Labute approximate surface area is 201 Å². The van der Waals surface area contributed by atoms with Gasteiger partial charge in [-0.1, -0.05) is 54.6 Å². The van der Waals surface area contributed by atoms with Gasteiger partial charge in [0.1, 0.15) is 18.4 Å². The lowest BCUT2D eigenvalue weighted by Crippen LogP contribution is -2.43. The first-order valence-corrected chi connectivity index (χ1v) is 10.9. The summed E-state index contributed by atoms with van der Waals surface area (Å²) in [6, 6.07) is 19.3. The van der Waals surface area contributed by atoms with Gasteiger partial charge in [-0.3, -0.25) is 9.36 Å². The molecule has 0 saturated heterocycles. The predicted octanol–water partition coefficient (Wildman–Crippen LogP) is 4.86. The minimum absolute atomic E-state index is 0. The van der Waals surface area contributed by atoms with Crippen molar-refractivity contribution in [1.29, 1.82) is 0 Å². The van der Waals surface area contributed by atoms with Crippen LogP contribution >= 0.6 is 12.4 Å². The molecule has 3 aromatic heterocycles. The van der Waals surface area contributed by atoms with E-state index < -0.39 is 0 Å². The third-order valence-electron chi connectivity index (χ3n) is 6.48. The molecule has 0 amide bonds. The molecule has 3 heterocycles. The lowest BCUT2D eigenvalue weighted by Gasteiger charge is -2.38. The zero-order valence-electron chi connectivity index (χ0n) is 18.2. The molecule has 1 saturated carbocycles. The van der Waals surface area contributed by atoms with Crippen LogP contribution in [-0.4, -0.2) is 19.7 Å². The Morgan fingerprint density at radius 2 is 1.62 bits per heavy atom. The van der Waals surface area contributed by atoms with Crippen molar-refractivity contribution in [1.82, 2.24) is 19.7 Å². The molecule has 6 rings (SSSR count). The van der Waals surface area contributed by atoms with Crippen molar-refractivity contribution < 1.29 is 4.42 Å². The van der Waals surface area contributed by atoms with E-state index in [4.69, 9.17) is 10.2 Å². The SMILES string of the molecule is Cl.NC1(c2ccc(-c3c(-c4ccccc4)oc4c(-n5cnnc5)nccc4c3=O)cc2)CCC1. The number of hydrogen-bond donors (Lipinski definition) is 1. The topological polar surface area (TPSA) is 99.8 Å². The van der Waals surface area contributed by atoms with Crippen LogP contribution in [0.5, 0.6) is 0 Å². The summed E-state index contributed by atoms with van der Waals surface area (Å²) in [6.07, 6.45) is 7.77. The molecular formula is C26H22ClN5O2. The van der Waals surface area contributed by atoms with Gasteiger partial charge >= 0.3 is 0 Å². The summed E-state index contributed by atoms with van der Waals surface area (Å²) in [4.78, 5) is 18.3. The van der Waals surface area contributed by atoms with Crippen molar-refractivity contribution in [2.24, 2.45) is 5.73 Å². The first-order chi connectivity index (χ1) is 16.1. The van der Waals surface area contributed by atoms with E-state index in [1.165, 1.54) is 12.7 Å². The van der Waals surface area contributed by atoms with Crippen LogP contribution in [-0.2, 0) is 5.54 Å². The monoisotopic (exact) mass is 471 g/mol. The zero-order valence-corrected chi connectivity index (χ0v) is 19.0. The Morgan fingerprint density at radius 1 is 0.912 bits per heavy atom. The van der Waals surface area contributed by atoms with Gasteiger partial charge in [-0.2, -0.15) is 0 Å². The van der Waals surface area contributed by atoms with E-state index in [0.29, 0.717) is 28.1 Å². The zero-order chi connectivity index (χ0) is 22.4. The van der Waals surface area contributed by atoms with E-state index in [-0.39, 0.29) is 23.4 Å². The molecule has 0 atom stereocenters. The number of benzene rings is 2. The van der Waals surface area contributed by atoms with E-state index >= 15 is 0 Å². The maximum atomic E-state index is 13.8. The Hall–Kier alpha value is -3.81. The first-order valence-electron chi connectivity index (χ1n) is 10.9. The summed E-state index contributed by atoms with van der Waals surface area (Å²) in [5.74, 6) is 0.956. The third-order valence-corrected chi connectivity index (χ3v) is 6.48. The molecule has 5 aromatic rings. The van der Waals surface area contributed by atoms with Crippen LogP contribution in [0.3, 0.4) is 0 Å². The Kier molecular flexibility index (Phi) is 5.51. The molecule has 170 valence electrons. The van der Waals surface area contributed by atoms with Crippen molar-refractivity contribution in [3.63, 3.8) is 0 Å². The molecule has 1 aliphatic rings. The molecule has 1 aliphatic carbocycles. The van der Waals surface area contributed by atoms with E-state index in [0.717, 1.165) is 36.0 Å². The van der Waals surface area contributed by atoms with Crippen molar-refractivity contribution in [2.75, 3.05) is 0 Å². The van der Waals surface area contributed by atoms with Crippen molar-refractivity contribution in [3.05, 3.63) is 95.3 Å². The number of rotatable bonds is 4. The molecule has 2 aromatic carbocycles. The summed E-state index contributed by atoms with van der Waals surface area (Å²) < 4.78 is 8.07. The van der Waals surface area contributed by atoms with E-state index in [1.807, 2.05) is 54.6 Å². The number of fused-ring (bicyclic) bond motifs is 1. The van der Waals surface area contributed by atoms with Gasteiger partial charge in [0, 0.05) is 17.3 Å². The Balaban J connectivity index is 0.00000241. The number of halogens is 1. The van der Waals surface area contributed by atoms with Crippen LogP contribution in [0.4, 0.5) is 0 Å². The number of nitrogens with two attached hydrogens (primary N) is 1. The average Bonchev–Trinajstić information content (AvgIpc) is 3.38. The second-order valence-electron chi connectivity index (χ2n) is 8.47. The van der Waals surface area contributed by atoms with E-state index in [9.17, 15) is 4.79 Å². The van der Waals surface area contributed by atoms with Crippen molar-refractivity contribution in [3.8, 4) is 28.3 Å². The van der Waals surface area contributed by atoms with Crippen molar-refractivity contribution in [2.45, 2.75) is 24.8 Å². The minimum atomic E-state index is -0.256. The van der Waals surface area contributed by atoms with Gasteiger partial charge in [0.05, 0.1) is 10.9 Å². The minimum Gasteiger partial charge on any atom is -0.451 e. The van der Waals surface area contributed by atoms with Gasteiger partial charge in [0.2, 0.25) is 5.43 Å². The summed E-state index contributed by atoms with van der Waals surface area (Å²) in [5, 5.41) is 8.16. The second-order valence-corrected chi connectivity index (χ2v) is 8.47. The van der Waals surface area contributed by atoms with Crippen LogP contribution in [0.15, 0.2) is 88.7 Å². The fourth-order valence-corrected chi connectivity index (χ4v) is 4.47. The summed E-state index contributed by atoms with van der Waals surface area (Å²) in [5.41, 5.74) is 9.73. The van der Waals surface area contributed by atoms with Gasteiger partial charge < -0.3 is 10.2 Å². The number of pyridine rings is 1. The highest BCUT2D eigenvalue weighted by atomic mass is 35.5. The van der Waals surface area contributed by atoms with Gasteiger partial charge in [0.15, 0.2) is 11.4 Å². The molecule has 0 spiro atoms. The highest BCUT2D eigenvalue weighted by molar-refractivity contribution is 5.91. The lowest BCUT2D eigenvalue weighted by atomic mass is 9.72. The molecule has 1 fully saturated rings. The van der Waals surface area contributed by atoms with E-state index in [1.54, 1.807) is 16.8 Å². The van der Waals surface area contributed by atoms with Gasteiger partial charge in [-0.25, -0.2) is 4.98 Å². The molecule has 0 aliphatic heterocycles. The molecule has 7 nitrogen and oxygen atoms in total. The highest BCUT2D eigenvalue weighted by Crippen LogP contribution is 2.40. The Bertz CT molecular complexity index is 1510. The second kappa shape index (κ2) is 8.52. The fraction of sp³-hybridized carbons (Fsp3) is 0.154. The average molecular weight is 472 g/mol. The van der Waals surface area contributed by atoms with Crippen molar-refractivity contribution >= 4 is 23.4 Å². The smallest absolute Gasteiger partial charge is 0.201 e.